The lowest BCUT2D eigenvalue weighted by Crippen LogP contribution is -2.64. The molecule has 15 rings (SSSR count). The Morgan fingerprint density at radius 1 is 0.434 bits per heavy atom. The minimum absolute atomic E-state index is 0.00147. The summed E-state index contributed by atoms with van der Waals surface area (Å²) in [6.45, 7) is 36.2. The van der Waals surface area contributed by atoms with E-state index in [0.29, 0.717) is 97.3 Å². The number of morpholine rings is 1. The molecule has 19 nitrogen and oxygen atoms in total. The van der Waals surface area contributed by atoms with E-state index in [9.17, 15) is 45.1 Å². The molecule has 0 bridgehead atoms. The van der Waals surface area contributed by atoms with Crippen molar-refractivity contribution in [2.75, 3.05) is 159 Å². The Kier molecular flexibility index (Phi) is 25.5. The first-order valence-corrected chi connectivity index (χ1v) is 40.6. The van der Waals surface area contributed by atoms with Crippen LogP contribution in [0.2, 0.25) is 0 Å². The van der Waals surface area contributed by atoms with Gasteiger partial charge >= 0.3 is 0 Å². The molecule has 0 spiro atoms. The number of ether oxygens (including phenoxy) is 1. The van der Waals surface area contributed by atoms with Crippen LogP contribution in [0.15, 0.2) is 110 Å². The van der Waals surface area contributed by atoms with E-state index in [0.717, 1.165) is 120 Å². The van der Waals surface area contributed by atoms with Crippen molar-refractivity contribution in [1.29, 1.82) is 0 Å². The fourth-order valence-corrected chi connectivity index (χ4v) is 17.9. The molecule has 3 aromatic carbocycles. The number of amides is 3. The van der Waals surface area contributed by atoms with Crippen molar-refractivity contribution in [2.24, 2.45) is 0 Å². The van der Waals surface area contributed by atoms with Crippen LogP contribution in [0.25, 0.3) is 0 Å². The van der Waals surface area contributed by atoms with Crippen molar-refractivity contribution in [2.45, 2.75) is 185 Å². The second-order valence-corrected chi connectivity index (χ2v) is 36.1. The minimum Gasteiger partial charge on any atom is -0.378 e. The molecule has 3 amide bonds. The molecule has 9 aliphatic rings. The molecule has 3 N–H and O–H groups in total. The lowest BCUT2D eigenvalue weighted by atomic mass is 9.91. The zero-order valence-corrected chi connectivity index (χ0v) is 67.8. The van der Waals surface area contributed by atoms with Crippen LogP contribution < -0.4 is 30.7 Å². The average molecular weight is 1570 g/mol. The molecule has 0 radical (unpaired) electrons. The molecule has 0 unspecified atom stereocenters. The summed E-state index contributed by atoms with van der Waals surface area (Å²) in [6.07, 6.45) is 7.15. The molecule has 612 valence electrons. The molecule has 6 saturated heterocycles. The van der Waals surface area contributed by atoms with Crippen LogP contribution in [-0.2, 0) is 54.6 Å². The largest absolute Gasteiger partial charge is 0.378 e. The predicted molar refractivity (Wildman–Crippen MR) is 428 cm³/mol. The van der Waals surface area contributed by atoms with Crippen LogP contribution in [0.5, 0.6) is 0 Å². The highest BCUT2D eigenvalue weighted by Gasteiger charge is 2.47. The van der Waals surface area contributed by atoms with Crippen LogP contribution in [0, 0.1) is 17.5 Å². The van der Waals surface area contributed by atoms with Crippen LogP contribution in [0.3, 0.4) is 0 Å². The van der Waals surface area contributed by atoms with Gasteiger partial charge in [0, 0.05) is 201 Å². The van der Waals surface area contributed by atoms with Crippen molar-refractivity contribution >= 4 is 34.8 Å². The maximum absolute atomic E-state index is 13.9. The number of likely N-dealkylation sites (tertiary alicyclic amines) is 2. The third-order valence-corrected chi connectivity index (χ3v) is 24.3. The number of nitrogens with one attached hydrogen (secondary N) is 3. The highest BCUT2D eigenvalue weighted by atomic mass is 19.3. The lowest BCUT2D eigenvalue weighted by Gasteiger charge is -2.47. The van der Waals surface area contributed by atoms with Gasteiger partial charge in [-0.15, -0.1) is 0 Å². The van der Waals surface area contributed by atoms with Gasteiger partial charge in [-0.25, -0.2) is 30.7 Å². The summed E-state index contributed by atoms with van der Waals surface area (Å²) in [5.74, 6) is -5.81. The van der Waals surface area contributed by atoms with Gasteiger partial charge in [-0.05, 0) is 142 Å². The first-order valence-electron chi connectivity index (χ1n) is 40.6. The van der Waals surface area contributed by atoms with E-state index in [2.05, 4.69) is 123 Å². The van der Waals surface area contributed by atoms with Crippen molar-refractivity contribution in [3.05, 3.63) is 178 Å². The number of anilines is 3. The van der Waals surface area contributed by atoms with Gasteiger partial charge in [0.25, 0.3) is 11.8 Å². The van der Waals surface area contributed by atoms with E-state index in [1.165, 1.54) is 36.4 Å². The maximum atomic E-state index is 13.9. The van der Waals surface area contributed by atoms with Gasteiger partial charge in [0.15, 0.2) is 0 Å². The maximum Gasteiger partial charge on any atom is 0.261 e. The number of benzene rings is 3. The number of alkyl halides is 4. The number of piperidine rings is 1. The van der Waals surface area contributed by atoms with Crippen LogP contribution >= 0.6 is 0 Å². The number of fused-ring (bicyclic) bond motifs is 3. The van der Waals surface area contributed by atoms with Gasteiger partial charge in [0.1, 0.15) is 17.5 Å². The normalized spacial score (nSPS) is 25.4. The van der Waals surface area contributed by atoms with Gasteiger partial charge in [0.05, 0.1) is 73.5 Å². The smallest absolute Gasteiger partial charge is 0.261 e. The second kappa shape index (κ2) is 34.4. The van der Waals surface area contributed by atoms with E-state index in [1.807, 2.05) is 50.3 Å². The average Bonchev–Trinajstić information content (AvgIpc) is 1.62. The molecule has 0 aliphatic carbocycles. The Hall–Kier alpha value is -7.37. The number of nitrogens with zero attached hydrogens (tertiary/aromatic N) is 12. The number of halogens is 7. The monoisotopic (exact) mass is 1570 g/mol. The Balaban J connectivity index is 0.000000148. The van der Waals surface area contributed by atoms with Gasteiger partial charge in [-0.2, -0.15) is 0 Å². The number of carbonyl (C=O) groups excluding carboxylic acids is 3. The van der Waals surface area contributed by atoms with Crippen molar-refractivity contribution in [3.8, 4) is 0 Å². The molecule has 6 aromatic rings. The van der Waals surface area contributed by atoms with E-state index in [4.69, 9.17) is 19.7 Å². The molecule has 6 fully saturated rings. The third-order valence-electron chi connectivity index (χ3n) is 24.3. The molecule has 9 aliphatic heterocycles. The fourth-order valence-electron chi connectivity index (χ4n) is 17.9. The molecule has 0 saturated carbocycles. The van der Waals surface area contributed by atoms with E-state index < -0.39 is 11.8 Å². The first kappa shape index (κ1) is 83.6. The molecule has 6 atom stereocenters. The van der Waals surface area contributed by atoms with Gasteiger partial charge < -0.3 is 40.3 Å². The Morgan fingerprint density at radius 3 is 1.10 bits per heavy atom. The summed E-state index contributed by atoms with van der Waals surface area (Å²) < 4.78 is 101. The highest BCUT2D eigenvalue weighted by Crippen LogP contribution is 2.44. The predicted octanol–water partition coefficient (Wildman–Crippen LogP) is 10.5. The van der Waals surface area contributed by atoms with E-state index in [-0.39, 0.29) is 126 Å². The summed E-state index contributed by atoms with van der Waals surface area (Å²) in [5.41, 5.74) is 10.5. The zero-order chi connectivity index (χ0) is 80.5. The van der Waals surface area contributed by atoms with Gasteiger partial charge in [-0.3, -0.25) is 53.8 Å². The summed E-state index contributed by atoms with van der Waals surface area (Å²) in [7, 11) is 0. The molecule has 113 heavy (non-hydrogen) atoms. The lowest BCUT2D eigenvalue weighted by molar-refractivity contribution is -0.122. The first-order chi connectivity index (χ1) is 53.5. The van der Waals surface area contributed by atoms with Crippen LogP contribution in [-0.4, -0.2) is 260 Å². The SMILES string of the molecule is C[C@@H]1CN(CC(=O)N2CC(C)(C)c3ncc(Cc4ccc(F)cc4)cc32)[C@@H](CN2CCC(F)(F)C2)CN1.C[C@@H]1CN(CC(=O)N2CC(C)(C)c3ncc(Cc4ccc(F)cc4)cc32)[C@@H](CN2CCC(F)(F)CC2)CN1.C[C@@H]1CN(CC(=O)N2CC(C)(C)c3ncc(Cc4ccc(F)cc4)cc32)[C@@H](CN2CCOCC2(C)C)CN1. The highest BCUT2D eigenvalue weighted by molar-refractivity contribution is 5.99. The summed E-state index contributed by atoms with van der Waals surface area (Å²) in [6, 6.07) is 26.7. The third kappa shape index (κ3) is 20.7. The Morgan fingerprint density at radius 2 is 0.761 bits per heavy atom. The number of carbonyl (C=O) groups is 3. The van der Waals surface area contributed by atoms with E-state index >= 15 is 0 Å². The number of hydrogen-bond acceptors (Lipinski definition) is 16. The number of pyridine rings is 3. The fraction of sp³-hybridized carbons (Fsp3) is 0.586. The van der Waals surface area contributed by atoms with E-state index in [1.54, 1.807) is 36.4 Å². The van der Waals surface area contributed by atoms with Gasteiger partial charge in [0.2, 0.25) is 17.7 Å². The molecular formula is C87H116F7N15O4. The standard InChI is InChI=1S/C30H42FN5O2.C29H38F3N5O.C28H36F3N5O/c1-21-16-34(25(15-32-21)17-35-10-11-38-20-30(35,4)5)18-27(37)36-19-29(2,3)28-26(36)13-23(14-33-28)12-22-6-8-24(31)9-7-22;1-20-16-36(24(15-33-20)17-35-10-8-29(31,32)9-11-35)18-26(38)37-19-28(2,3)27-25(37)13-22(14-34-27)12-21-4-6-23(30)7-5-21;1-19-14-35(23(13-32-19)15-34-9-8-28(30,31)18-34)16-25(37)36-17-27(2,3)26-24(36)11-21(12-33-26)10-20-4-6-22(29)7-5-20/h6-9,13-14,21,25,32H,10-12,15-20H2,1-5H3;4-7,13-14,20,24,33H,8-12,15-19H2,1-3H3;4-7,11-12,19,23,32H,8-10,13-18H2,1-3H3/t21-,25-;20-,24-;19-,23-/m111/s1. The van der Waals surface area contributed by atoms with Crippen LogP contribution in [0.1, 0.15) is 146 Å². The summed E-state index contributed by atoms with van der Waals surface area (Å²) in [4.78, 5) is 74.6. The van der Waals surface area contributed by atoms with Crippen molar-refractivity contribution in [1.82, 2.24) is 60.3 Å². The zero-order valence-electron chi connectivity index (χ0n) is 67.8. The van der Waals surface area contributed by atoms with Gasteiger partial charge in [-0.1, -0.05) is 77.9 Å². The number of piperazine rings is 3. The number of hydrogen-bond donors (Lipinski definition) is 3. The van der Waals surface area contributed by atoms with Crippen LogP contribution in [0.4, 0.5) is 47.8 Å². The molecule has 26 heteroatoms. The quantitative estimate of drug-likeness (QED) is 0.0696. The van der Waals surface area contributed by atoms with Crippen molar-refractivity contribution < 1.29 is 49.9 Å². The molecular weight excluding hydrogens is 1450 g/mol. The number of aromatic nitrogens is 3. The Labute approximate surface area is 662 Å². The van der Waals surface area contributed by atoms with Crippen molar-refractivity contribution in [3.63, 3.8) is 0 Å². The second-order valence-electron chi connectivity index (χ2n) is 36.1. The molecule has 3 aromatic heterocycles. The minimum atomic E-state index is -2.63. The summed E-state index contributed by atoms with van der Waals surface area (Å²) >= 11 is 0. The Bertz CT molecular complexity index is 4300. The summed E-state index contributed by atoms with van der Waals surface area (Å²) in [5, 5.41) is 10.6. The molecule has 12 heterocycles. The topological polar surface area (TPSA) is 164 Å². The number of rotatable bonds is 18.